The maximum atomic E-state index is 13.9. The number of nitrogens with zero attached hydrogens (tertiary/aromatic N) is 1. The minimum Gasteiger partial charge on any atom is -0.356 e. The standard InChI is InChI=1S/C30H36N4O3/c1-5-18(4)25(29(36)31-15-14-17(2)3)33-28(35)24-16-22-19-10-8-9-13-23(19)32-26(22)27-20-11-6-7-12-21(20)30(37)34(24)27/h6-13,17-18,24-25,27,32H,5,14-16H2,1-4H3,(H,31,36)(H,33,35)/t18-,24-,25-,27+/m0/s1. The van der Waals surface area contributed by atoms with Gasteiger partial charge >= 0.3 is 0 Å². The van der Waals surface area contributed by atoms with Crippen LogP contribution in [0.3, 0.4) is 0 Å². The molecular weight excluding hydrogens is 464 g/mol. The van der Waals surface area contributed by atoms with Gasteiger partial charge in [-0.2, -0.15) is 0 Å². The molecule has 2 aliphatic heterocycles. The number of aromatic nitrogens is 1. The van der Waals surface area contributed by atoms with Crippen molar-refractivity contribution >= 4 is 28.6 Å². The van der Waals surface area contributed by atoms with Crippen molar-refractivity contribution in [1.82, 2.24) is 20.5 Å². The Labute approximate surface area is 218 Å². The number of fused-ring (bicyclic) bond motifs is 7. The van der Waals surface area contributed by atoms with Gasteiger partial charge in [0.15, 0.2) is 0 Å². The summed E-state index contributed by atoms with van der Waals surface area (Å²) in [6, 6.07) is 13.9. The van der Waals surface area contributed by atoms with Crippen LogP contribution in [-0.4, -0.2) is 46.2 Å². The van der Waals surface area contributed by atoms with Gasteiger partial charge in [-0.1, -0.05) is 70.5 Å². The van der Waals surface area contributed by atoms with E-state index in [-0.39, 0.29) is 29.7 Å². The Hall–Kier alpha value is -3.61. The van der Waals surface area contributed by atoms with Crippen LogP contribution in [-0.2, 0) is 16.0 Å². The zero-order chi connectivity index (χ0) is 26.3. The number of hydrogen-bond donors (Lipinski definition) is 3. The normalized spacial score (nSPS) is 19.8. The summed E-state index contributed by atoms with van der Waals surface area (Å²) >= 11 is 0. The predicted molar refractivity (Wildman–Crippen MR) is 144 cm³/mol. The number of carbonyl (C=O) groups excluding carboxylic acids is 3. The summed E-state index contributed by atoms with van der Waals surface area (Å²) in [4.78, 5) is 45.9. The molecule has 2 aliphatic rings. The van der Waals surface area contributed by atoms with Crippen LogP contribution in [0.25, 0.3) is 10.9 Å². The van der Waals surface area contributed by atoms with Crippen LogP contribution < -0.4 is 10.6 Å². The molecular formula is C30H36N4O3. The summed E-state index contributed by atoms with van der Waals surface area (Å²) in [6.45, 7) is 8.79. The van der Waals surface area contributed by atoms with Gasteiger partial charge in [-0.25, -0.2) is 0 Å². The number of hydrogen-bond acceptors (Lipinski definition) is 3. The zero-order valence-corrected chi connectivity index (χ0v) is 22.0. The first-order valence-corrected chi connectivity index (χ1v) is 13.4. The van der Waals surface area contributed by atoms with Gasteiger partial charge in [-0.15, -0.1) is 0 Å². The Morgan fingerprint density at radius 1 is 1.08 bits per heavy atom. The molecule has 1 aromatic heterocycles. The highest BCUT2D eigenvalue weighted by Gasteiger charge is 2.49. The van der Waals surface area contributed by atoms with Crippen molar-refractivity contribution in [3.8, 4) is 0 Å². The van der Waals surface area contributed by atoms with E-state index in [1.807, 2.05) is 56.3 Å². The lowest BCUT2D eigenvalue weighted by atomic mass is 9.89. The van der Waals surface area contributed by atoms with Crippen molar-refractivity contribution in [2.24, 2.45) is 11.8 Å². The SMILES string of the molecule is CC[C@H](C)[C@H](NC(=O)[C@@H]1Cc2c([nH]c3ccccc23)[C@H]2c3ccccc3C(=O)N21)C(=O)NCCC(C)C. The van der Waals surface area contributed by atoms with E-state index in [9.17, 15) is 14.4 Å². The summed E-state index contributed by atoms with van der Waals surface area (Å²) in [5.74, 6) is -0.167. The molecule has 194 valence electrons. The fourth-order valence-corrected chi connectivity index (χ4v) is 5.68. The third-order valence-corrected chi connectivity index (χ3v) is 7.97. The quantitative estimate of drug-likeness (QED) is 0.430. The molecule has 7 heteroatoms. The molecule has 37 heavy (non-hydrogen) atoms. The largest absolute Gasteiger partial charge is 0.356 e. The number of benzene rings is 2. The minimum atomic E-state index is -0.716. The Kier molecular flexibility index (Phi) is 6.80. The number of amides is 3. The second-order valence-corrected chi connectivity index (χ2v) is 10.8. The van der Waals surface area contributed by atoms with Crippen LogP contribution in [0.4, 0.5) is 0 Å². The summed E-state index contributed by atoms with van der Waals surface area (Å²) < 4.78 is 0. The van der Waals surface area contributed by atoms with Crippen LogP contribution in [0.2, 0.25) is 0 Å². The van der Waals surface area contributed by atoms with E-state index < -0.39 is 12.1 Å². The topological polar surface area (TPSA) is 94.3 Å². The molecule has 3 aromatic rings. The maximum absolute atomic E-state index is 13.9. The van der Waals surface area contributed by atoms with Crippen LogP contribution in [0.15, 0.2) is 48.5 Å². The lowest BCUT2D eigenvalue weighted by Crippen LogP contribution is -2.58. The van der Waals surface area contributed by atoms with Crippen molar-refractivity contribution in [2.45, 2.75) is 65.1 Å². The number of rotatable bonds is 8. The van der Waals surface area contributed by atoms with Crippen LogP contribution in [0, 0.1) is 11.8 Å². The fourth-order valence-electron chi connectivity index (χ4n) is 5.68. The average Bonchev–Trinajstić information content (AvgIpc) is 3.41. The first-order valence-electron chi connectivity index (χ1n) is 13.4. The molecule has 0 spiro atoms. The highest BCUT2D eigenvalue weighted by atomic mass is 16.2. The average molecular weight is 501 g/mol. The van der Waals surface area contributed by atoms with Gasteiger partial charge in [0.05, 0.1) is 6.04 Å². The molecule has 4 atom stereocenters. The van der Waals surface area contributed by atoms with Gasteiger partial charge < -0.3 is 20.5 Å². The van der Waals surface area contributed by atoms with Crippen molar-refractivity contribution in [3.05, 3.63) is 70.9 Å². The van der Waals surface area contributed by atoms with Gasteiger partial charge in [0.1, 0.15) is 12.1 Å². The molecule has 0 unspecified atom stereocenters. The van der Waals surface area contributed by atoms with E-state index in [0.29, 0.717) is 24.4 Å². The van der Waals surface area contributed by atoms with E-state index in [2.05, 4.69) is 35.5 Å². The second kappa shape index (κ2) is 10.0. The Bertz CT molecular complexity index is 1340. The number of aromatic amines is 1. The first-order chi connectivity index (χ1) is 17.8. The molecule has 3 N–H and O–H groups in total. The minimum absolute atomic E-state index is 0.0440. The zero-order valence-electron chi connectivity index (χ0n) is 22.0. The van der Waals surface area contributed by atoms with Gasteiger partial charge in [0, 0.05) is 35.1 Å². The monoisotopic (exact) mass is 500 g/mol. The number of nitrogens with one attached hydrogen (secondary N) is 3. The van der Waals surface area contributed by atoms with Gasteiger partial charge in [0.2, 0.25) is 11.8 Å². The fraction of sp³-hybridized carbons (Fsp3) is 0.433. The van der Waals surface area contributed by atoms with Crippen LogP contribution >= 0.6 is 0 Å². The molecule has 3 heterocycles. The van der Waals surface area contributed by atoms with Crippen LogP contribution in [0.5, 0.6) is 0 Å². The molecule has 0 radical (unpaired) electrons. The Morgan fingerprint density at radius 2 is 1.81 bits per heavy atom. The van der Waals surface area contributed by atoms with Gasteiger partial charge in [-0.05, 0) is 41.5 Å². The third-order valence-electron chi connectivity index (χ3n) is 7.97. The molecule has 3 amide bonds. The first kappa shape index (κ1) is 25.1. The molecule has 0 bridgehead atoms. The molecule has 0 aliphatic carbocycles. The van der Waals surface area contributed by atoms with Crippen molar-refractivity contribution in [1.29, 1.82) is 0 Å². The van der Waals surface area contributed by atoms with E-state index >= 15 is 0 Å². The van der Waals surface area contributed by atoms with Gasteiger partial charge in [-0.3, -0.25) is 14.4 Å². The molecule has 2 aromatic carbocycles. The lowest BCUT2D eigenvalue weighted by Gasteiger charge is -2.38. The van der Waals surface area contributed by atoms with E-state index in [4.69, 9.17) is 0 Å². The number of H-pyrrole nitrogens is 1. The van der Waals surface area contributed by atoms with Crippen molar-refractivity contribution in [3.63, 3.8) is 0 Å². The third kappa shape index (κ3) is 4.41. The molecule has 7 nitrogen and oxygen atoms in total. The second-order valence-electron chi connectivity index (χ2n) is 10.8. The summed E-state index contributed by atoms with van der Waals surface area (Å²) in [5, 5.41) is 7.12. The Morgan fingerprint density at radius 3 is 2.57 bits per heavy atom. The molecule has 0 saturated carbocycles. The molecule has 0 fully saturated rings. The number of para-hydroxylation sites is 1. The van der Waals surface area contributed by atoms with E-state index in [1.165, 1.54) is 0 Å². The van der Waals surface area contributed by atoms with Gasteiger partial charge in [0.25, 0.3) is 5.91 Å². The highest BCUT2D eigenvalue weighted by molar-refractivity contribution is 6.04. The Balaban J connectivity index is 1.49. The highest BCUT2D eigenvalue weighted by Crippen LogP contribution is 2.46. The predicted octanol–water partition coefficient (Wildman–Crippen LogP) is 4.33. The van der Waals surface area contributed by atoms with E-state index in [0.717, 1.165) is 40.6 Å². The molecule has 5 rings (SSSR count). The van der Waals surface area contributed by atoms with E-state index in [1.54, 1.807) is 4.90 Å². The van der Waals surface area contributed by atoms with Crippen LogP contribution in [0.1, 0.15) is 73.8 Å². The lowest BCUT2D eigenvalue weighted by molar-refractivity contribution is -0.133. The number of carbonyl (C=O) groups is 3. The summed E-state index contributed by atoms with van der Waals surface area (Å²) in [6.07, 6.45) is 2.02. The maximum Gasteiger partial charge on any atom is 0.255 e. The smallest absolute Gasteiger partial charge is 0.255 e. The summed E-state index contributed by atoms with van der Waals surface area (Å²) in [7, 11) is 0. The van der Waals surface area contributed by atoms with Crippen molar-refractivity contribution < 1.29 is 14.4 Å². The van der Waals surface area contributed by atoms with Crippen molar-refractivity contribution in [2.75, 3.05) is 6.54 Å². The molecule has 0 saturated heterocycles. The summed E-state index contributed by atoms with van der Waals surface area (Å²) in [5.41, 5.74) is 4.55.